The summed E-state index contributed by atoms with van der Waals surface area (Å²) in [6, 6.07) is 1.84. The van der Waals surface area contributed by atoms with Gasteiger partial charge in [0.15, 0.2) is 0 Å². The molecule has 1 aliphatic rings. The molecule has 2 amide bonds. The molecule has 2 aromatic rings. The van der Waals surface area contributed by atoms with Crippen LogP contribution in [-0.4, -0.2) is 43.4 Å². The number of nitrogens with zero attached hydrogens (tertiary/aromatic N) is 5. The summed E-state index contributed by atoms with van der Waals surface area (Å²) >= 11 is 0. The number of piperidine rings is 1. The summed E-state index contributed by atoms with van der Waals surface area (Å²) in [5.74, 6) is 0.486. The van der Waals surface area contributed by atoms with Gasteiger partial charge in [0.1, 0.15) is 0 Å². The van der Waals surface area contributed by atoms with E-state index in [1.807, 2.05) is 50.7 Å². The van der Waals surface area contributed by atoms with E-state index >= 15 is 0 Å². The highest BCUT2D eigenvalue weighted by Gasteiger charge is 2.26. The molecule has 3 rings (SSSR count). The van der Waals surface area contributed by atoms with E-state index in [1.165, 1.54) is 5.69 Å². The first-order valence-electron chi connectivity index (χ1n) is 8.06. The minimum absolute atomic E-state index is 0.00777. The fourth-order valence-corrected chi connectivity index (χ4v) is 3.15. The minimum atomic E-state index is -0.0847. The Labute approximate surface area is 136 Å². The van der Waals surface area contributed by atoms with Gasteiger partial charge in [0.05, 0.1) is 18.1 Å². The first-order valence-corrected chi connectivity index (χ1v) is 8.06. The quantitative estimate of drug-likeness (QED) is 0.939. The zero-order chi connectivity index (χ0) is 16.4. The van der Waals surface area contributed by atoms with E-state index < -0.39 is 0 Å². The number of urea groups is 1. The van der Waals surface area contributed by atoms with E-state index in [1.54, 1.807) is 4.68 Å². The van der Waals surface area contributed by atoms with Gasteiger partial charge in [-0.1, -0.05) is 0 Å². The van der Waals surface area contributed by atoms with Crippen LogP contribution in [0.3, 0.4) is 0 Å². The molecule has 0 saturated carbocycles. The number of carbonyl (C=O) groups is 1. The monoisotopic (exact) mass is 316 g/mol. The Morgan fingerprint density at radius 2 is 2.09 bits per heavy atom. The maximum absolute atomic E-state index is 12.4. The second-order valence-electron chi connectivity index (χ2n) is 6.28. The second kappa shape index (κ2) is 6.44. The standard InChI is InChI=1S/C16H24N6O/c1-12(14-6-7-21(3)19-14)18-16(23)22-8-4-13(5-9-22)15-10-17-11-20(15)2/h6-7,10-13H,4-5,8-9H2,1-3H3,(H,18,23)/t12-/m0/s1. The predicted molar refractivity (Wildman–Crippen MR) is 86.9 cm³/mol. The average molecular weight is 316 g/mol. The molecule has 0 radical (unpaired) electrons. The highest BCUT2D eigenvalue weighted by molar-refractivity contribution is 5.74. The lowest BCUT2D eigenvalue weighted by molar-refractivity contribution is 0.177. The molecule has 3 heterocycles. The van der Waals surface area contributed by atoms with Gasteiger partial charge >= 0.3 is 6.03 Å². The molecule has 0 bridgehead atoms. The Kier molecular flexibility index (Phi) is 4.36. The minimum Gasteiger partial charge on any atom is -0.337 e. The van der Waals surface area contributed by atoms with Crippen LogP contribution in [0.15, 0.2) is 24.8 Å². The largest absolute Gasteiger partial charge is 0.337 e. The molecule has 2 aromatic heterocycles. The smallest absolute Gasteiger partial charge is 0.317 e. The summed E-state index contributed by atoms with van der Waals surface area (Å²) in [5, 5.41) is 7.37. The zero-order valence-corrected chi connectivity index (χ0v) is 13.9. The van der Waals surface area contributed by atoms with Gasteiger partial charge in [-0.3, -0.25) is 4.68 Å². The molecule has 124 valence electrons. The number of aromatic nitrogens is 4. The summed E-state index contributed by atoms with van der Waals surface area (Å²) in [5.41, 5.74) is 2.14. The molecule has 1 aliphatic heterocycles. The molecule has 0 spiro atoms. The van der Waals surface area contributed by atoms with Crippen molar-refractivity contribution in [3.8, 4) is 0 Å². The Morgan fingerprint density at radius 1 is 1.35 bits per heavy atom. The Bertz CT molecular complexity index is 668. The van der Waals surface area contributed by atoms with Gasteiger partial charge in [0, 0.05) is 51.2 Å². The number of likely N-dealkylation sites (tertiary alicyclic amines) is 1. The van der Waals surface area contributed by atoms with Crippen LogP contribution in [0.2, 0.25) is 0 Å². The third-order valence-electron chi connectivity index (χ3n) is 4.57. The van der Waals surface area contributed by atoms with Crippen molar-refractivity contribution in [2.24, 2.45) is 14.1 Å². The fourth-order valence-electron chi connectivity index (χ4n) is 3.15. The van der Waals surface area contributed by atoms with Crippen molar-refractivity contribution in [2.45, 2.75) is 31.7 Å². The molecule has 7 nitrogen and oxygen atoms in total. The van der Waals surface area contributed by atoms with Crippen LogP contribution in [0.4, 0.5) is 4.79 Å². The first-order chi connectivity index (χ1) is 11.0. The normalized spacial score (nSPS) is 17.3. The summed E-state index contributed by atoms with van der Waals surface area (Å²) in [6.07, 6.45) is 7.61. The van der Waals surface area contributed by atoms with Crippen molar-refractivity contribution >= 4 is 6.03 Å². The number of carbonyl (C=O) groups excluding carboxylic acids is 1. The van der Waals surface area contributed by atoms with Gasteiger partial charge in [-0.15, -0.1) is 0 Å². The molecular weight excluding hydrogens is 292 g/mol. The molecule has 1 N–H and O–H groups in total. The molecule has 23 heavy (non-hydrogen) atoms. The molecule has 1 saturated heterocycles. The van der Waals surface area contributed by atoms with Crippen molar-refractivity contribution in [3.63, 3.8) is 0 Å². The predicted octanol–water partition coefficient (Wildman–Crippen LogP) is 1.80. The Hall–Kier alpha value is -2.31. The third kappa shape index (κ3) is 3.38. The maximum Gasteiger partial charge on any atom is 0.317 e. The number of rotatable bonds is 3. The number of nitrogens with one attached hydrogen (secondary N) is 1. The second-order valence-corrected chi connectivity index (χ2v) is 6.28. The number of hydrogen-bond acceptors (Lipinski definition) is 3. The number of imidazole rings is 1. The van der Waals surface area contributed by atoms with Crippen LogP contribution < -0.4 is 5.32 Å². The van der Waals surface area contributed by atoms with E-state index in [0.717, 1.165) is 31.6 Å². The lowest BCUT2D eigenvalue weighted by Gasteiger charge is -2.32. The van der Waals surface area contributed by atoms with Crippen LogP contribution in [0.25, 0.3) is 0 Å². The Balaban J connectivity index is 1.53. The van der Waals surface area contributed by atoms with Gasteiger partial charge in [0.25, 0.3) is 0 Å². The number of hydrogen-bond donors (Lipinski definition) is 1. The van der Waals surface area contributed by atoms with Gasteiger partial charge in [-0.25, -0.2) is 9.78 Å². The van der Waals surface area contributed by atoms with Gasteiger partial charge in [-0.05, 0) is 25.8 Å². The van der Waals surface area contributed by atoms with E-state index in [4.69, 9.17) is 0 Å². The van der Waals surface area contributed by atoms with E-state index in [-0.39, 0.29) is 12.1 Å². The van der Waals surface area contributed by atoms with Crippen LogP contribution in [-0.2, 0) is 14.1 Å². The van der Waals surface area contributed by atoms with Crippen molar-refractivity contribution in [1.82, 2.24) is 29.5 Å². The lowest BCUT2D eigenvalue weighted by Crippen LogP contribution is -2.45. The van der Waals surface area contributed by atoms with Gasteiger partial charge in [0.2, 0.25) is 0 Å². The molecule has 1 fully saturated rings. The Morgan fingerprint density at radius 3 is 2.65 bits per heavy atom. The van der Waals surface area contributed by atoms with Crippen molar-refractivity contribution in [2.75, 3.05) is 13.1 Å². The van der Waals surface area contributed by atoms with Crippen LogP contribution in [0.1, 0.15) is 43.1 Å². The highest BCUT2D eigenvalue weighted by Crippen LogP contribution is 2.27. The topological polar surface area (TPSA) is 68.0 Å². The summed E-state index contributed by atoms with van der Waals surface area (Å²) in [4.78, 5) is 18.5. The van der Waals surface area contributed by atoms with E-state index in [0.29, 0.717) is 5.92 Å². The molecule has 1 atom stereocenters. The lowest BCUT2D eigenvalue weighted by atomic mass is 9.94. The van der Waals surface area contributed by atoms with Crippen LogP contribution in [0, 0.1) is 0 Å². The SMILES string of the molecule is C[C@H](NC(=O)N1CCC(c2cncn2C)CC1)c1ccn(C)n1. The molecule has 0 aromatic carbocycles. The molecule has 0 unspecified atom stereocenters. The van der Waals surface area contributed by atoms with Crippen molar-refractivity contribution in [3.05, 3.63) is 36.2 Å². The highest BCUT2D eigenvalue weighted by atomic mass is 16.2. The fraction of sp³-hybridized carbons (Fsp3) is 0.562. The number of aryl methyl sites for hydroxylation is 2. The van der Waals surface area contributed by atoms with Crippen molar-refractivity contribution in [1.29, 1.82) is 0 Å². The average Bonchev–Trinajstić information content (AvgIpc) is 3.16. The van der Waals surface area contributed by atoms with E-state index in [9.17, 15) is 4.79 Å². The third-order valence-corrected chi connectivity index (χ3v) is 4.57. The molecule has 0 aliphatic carbocycles. The van der Waals surface area contributed by atoms with Crippen LogP contribution >= 0.6 is 0 Å². The summed E-state index contributed by atoms with van der Waals surface area (Å²) in [6.45, 7) is 3.51. The van der Waals surface area contributed by atoms with E-state index in [2.05, 4.69) is 20.0 Å². The number of amides is 2. The first kappa shape index (κ1) is 15.6. The van der Waals surface area contributed by atoms with Crippen molar-refractivity contribution < 1.29 is 4.79 Å². The maximum atomic E-state index is 12.4. The zero-order valence-electron chi connectivity index (χ0n) is 13.9. The van der Waals surface area contributed by atoms with Gasteiger partial charge < -0.3 is 14.8 Å². The summed E-state index contributed by atoms with van der Waals surface area (Å²) in [7, 11) is 3.90. The van der Waals surface area contributed by atoms with Crippen LogP contribution in [0.5, 0.6) is 0 Å². The van der Waals surface area contributed by atoms with Gasteiger partial charge in [-0.2, -0.15) is 5.10 Å². The molecular formula is C16H24N6O. The summed E-state index contributed by atoms with van der Waals surface area (Å²) < 4.78 is 3.82. The molecule has 7 heteroatoms.